The molecule has 1 atom stereocenters. The molecule has 2 N–H and O–H groups in total. The van der Waals surface area contributed by atoms with E-state index < -0.39 is 23.1 Å². The Labute approximate surface area is 143 Å². The number of ether oxygens (including phenoxy) is 1. The number of nitrogens with one attached hydrogen (secondary N) is 1. The van der Waals surface area contributed by atoms with E-state index in [1.807, 2.05) is 0 Å². The minimum Gasteiger partial charge on any atom is -0.484 e. The molecule has 0 saturated heterocycles. The third-order valence-corrected chi connectivity index (χ3v) is 3.58. The fourth-order valence-electron chi connectivity index (χ4n) is 2.02. The average Bonchev–Trinajstić information content (AvgIpc) is 2.52. The molecule has 1 amide bonds. The third kappa shape index (κ3) is 4.91. The van der Waals surface area contributed by atoms with Crippen molar-refractivity contribution >= 4 is 17.5 Å². The van der Waals surface area contributed by atoms with Gasteiger partial charge in [-0.15, -0.1) is 0 Å². The summed E-state index contributed by atoms with van der Waals surface area (Å²) in [5, 5.41) is 13.3. The summed E-state index contributed by atoms with van der Waals surface area (Å²) in [4.78, 5) is 11.8. The van der Waals surface area contributed by atoms with Gasteiger partial charge in [0.25, 0.3) is 5.91 Å². The zero-order valence-electron chi connectivity index (χ0n) is 12.9. The fourth-order valence-corrected chi connectivity index (χ4v) is 2.15. The Kier molecular flexibility index (Phi) is 5.75. The van der Waals surface area contributed by atoms with E-state index in [0.717, 1.165) is 12.1 Å². The number of halogens is 3. The summed E-state index contributed by atoms with van der Waals surface area (Å²) >= 11 is 5.74. The number of amides is 1. The molecule has 4 nitrogen and oxygen atoms in total. The van der Waals surface area contributed by atoms with E-state index >= 15 is 0 Å². The summed E-state index contributed by atoms with van der Waals surface area (Å²) in [5.41, 5.74) is -1.80. The lowest BCUT2D eigenvalue weighted by Gasteiger charge is -2.24. The molecule has 24 heavy (non-hydrogen) atoms. The Hall–Kier alpha value is -2.18. The van der Waals surface area contributed by atoms with Crippen molar-refractivity contribution in [2.45, 2.75) is 12.5 Å². The van der Waals surface area contributed by atoms with Crippen LogP contribution in [0, 0.1) is 11.6 Å². The number of hydrogen-bond acceptors (Lipinski definition) is 3. The van der Waals surface area contributed by atoms with Gasteiger partial charge in [0.1, 0.15) is 23.0 Å². The Morgan fingerprint density at radius 3 is 2.54 bits per heavy atom. The molecule has 0 aliphatic rings. The quantitative estimate of drug-likeness (QED) is 0.837. The number of aliphatic hydroxyl groups is 1. The van der Waals surface area contributed by atoms with Gasteiger partial charge in [-0.3, -0.25) is 4.79 Å². The maximum absolute atomic E-state index is 13.7. The highest BCUT2D eigenvalue weighted by Gasteiger charge is 2.27. The predicted molar refractivity (Wildman–Crippen MR) is 85.9 cm³/mol. The van der Waals surface area contributed by atoms with Gasteiger partial charge in [-0.25, -0.2) is 8.78 Å². The summed E-state index contributed by atoms with van der Waals surface area (Å²) in [6, 6.07) is 9.32. The molecule has 0 bridgehead atoms. The molecule has 2 aromatic carbocycles. The second-order valence-electron chi connectivity index (χ2n) is 5.42. The highest BCUT2D eigenvalue weighted by Crippen LogP contribution is 2.23. The molecule has 0 aromatic heterocycles. The summed E-state index contributed by atoms with van der Waals surface area (Å²) in [7, 11) is 0. The highest BCUT2D eigenvalue weighted by molar-refractivity contribution is 6.30. The molecule has 0 fully saturated rings. The largest absolute Gasteiger partial charge is 0.484 e. The Morgan fingerprint density at radius 1 is 1.25 bits per heavy atom. The molecule has 0 saturated carbocycles. The molecule has 0 spiro atoms. The summed E-state index contributed by atoms with van der Waals surface area (Å²) in [6.45, 7) is 0.797. The highest BCUT2D eigenvalue weighted by atomic mass is 35.5. The molecule has 0 radical (unpaired) electrons. The van der Waals surface area contributed by atoms with E-state index in [9.17, 15) is 18.7 Å². The number of carbonyl (C=O) groups excluding carboxylic acids is 1. The van der Waals surface area contributed by atoms with Crippen LogP contribution in [0.25, 0.3) is 0 Å². The summed E-state index contributed by atoms with van der Waals surface area (Å²) in [6.07, 6.45) is 0. The Bertz CT molecular complexity index is 720. The minimum absolute atomic E-state index is 0.109. The zero-order chi connectivity index (χ0) is 17.7. The zero-order valence-corrected chi connectivity index (χ0v) is 13.6. The predicted octanol–water partition coefficient (Wildman–Crippen LogP) is 3.02. The monoisotopic (exact) mass is 355 g/mol. The van der Waals surface area contributed by atoms with Gasteiger partial charge in [0.15, 0.2) is 6.61 Å². The molecule has 2 rings (SSSR count). The van der Waals surface area contributed by atoms with Crippen molar-refractivity contribution in [3.05, 3.63) is 64.7 Å². The topological polar surface area (TPSA) is 58.6 Å². The van der Waals surface area contributed by atoms with Gasteiger partial charge < -0.3 is 15.2 Å². The molecule has 7 heteroatoms. The summed E-state index contributed by atoms with van der Waals surface area (Å²) < 4.78 is 31.9. The van der Waals surface area contributed by atoms with Crippen molar-refractivity contribution in [3.63, 3.8) is 0 Å². The molecule has 0 aliphatic heterocycles. The first kappa shape index (κ1) is 18.2. The molecule has 0 heterocycles. The first-order valence-corrected chi connectivity index (χ1v) is 7.49. The van der Waals surface area contributed by atoms with Crippen molar-refractivity contribution in [1.29, 1.82) is 0 Å². The third-order valence-electron chi connectivity index (χ3n) is 3.32. The van der Waals surface area contributed by atoms with Gasteiger partial charge in [0, 0.05) is 16.7 Å². The number of benzene rings is 2. The Morgan fingerprint density at radius 2 is 1.92 bits per heavy atom. The lowest BCUT2D eigenvalue weighted by molar-refractivity contribution is -0.124. The number of hydrogen-bond donors (Lipinski definition) is 2. The molecule has 128 valence electrons. The van der Waals surface area contributed by atoms with E-state index in [0.29, 0.717) is 16.8 Å². The lowest BCUT2D eigenvalue weighted by atomic mass is 9.95. The normalized spacial score (nSPS) is 13.2. The molecule has 2 aromatic rings. The van der Waals surface area contributed by atoms with Gasteiger partial charge in [-0.1, -0.05) is 17.7 Å². The van der Waals surface area contributed by atoms with Crippen molar-refractivity contribution in [1.82, 2.24) is 5.32 Å². The van der Waals surface area contributed by atoms with Crippen molar-refractivity contribution in [3.8, 4) is 5.75 Å². The van der Waals surface area contributed by atoms with Gasteiger partial charge in [0.05, 0.1) is 6.54 Å². The van der Waals surface area contributed by atoms with Crippen LogP contribution in [0.15, 0.2) is 42.5 Å². The van der Waals surface area contributed by atoms with E-state index in [-0.39, 0.29) is 18.7 Å². The fraction of sp³-hybridized carbons (Fsp3) is 0.235. The second-order valence-corrected chi connectivity index (χ2v) is 5.85. The van der Waals surface area contributed by atoms with Crippen LogP contribution < -0.4 is 10.1 Å². The number of rotatable bonds is 6. The molecular formula is C17H16ClF2NO3. The SMILES string of the molecule is CC(O)(CNC(=O)COc1ccc(Cl)cc1)c1ccc(F)cc1F. The van der Waals surface area contributed by atoms with Crippen molar-refractivity contribution in [2.24, 2.45) is 0 Å². The Balaban J connectivity index is 1.89. The van der Waals surface area contributed by atoms with Crippen LogP contribution in [-0.4, -0.2) is 24.2 Å². The van der Waals surface area contributed by atoms with E-state index in [4.69, 9.17) is 16.3 Å². The van der Waals surface area contributed by atoms with Crippen LogP contribution in [0.4, 0.5) is 8.78 Å². The first-order valence-electron chi connectivity index (χ1n) is 7.11. The number of carbonyl (C=O) groups is 1. The molecule has 0 aliphatic carbocycles. The first-order chi connectivity index (χ1) is 11.3. The van der Waals surface area contributed by atoms with Crippen LogP contribution in [0.2, 0.25) is 5.02 Å². The van der Waals surface area contributed by atoms with Gasteiger partial charge in [-0.2, -0.15) is 0 Å². The minimum atomic E-state index is -1.69. The van der Waals surface area contributed by atoms with Crippen molar-refractivity contribution in [2.75, 3.05) is 13.2 Å². The van der Waals surface area contributed by atoms with Crippen molar-refractivity contribution < 1.29 is 23.4 Å². The van der Waals surface area contributed by atoms with Gasteiger partial charge in [0.2, 0.25) is 0 Å². The van der Waals surface area contributed by atoms with Crippen LogP contribution in [0.1, 0.15) is 12.5 Å². The molecule has 1 unspecified atom stereocenters. The maximum atomic E-state index is 13.7. The van der Waals surface area contributed by atoms with E-state index in [1.165, 1.54) is 6.92 Å². The summed E-state index contributed by atoms with van der Waals surface area (Å²) in [5.74, 6) is -1.65. The molecular weight excluding hydrogens is 340 g/mol. The average molecular weight is 356 g/mol. The van der Waals surface area contributed by atoms with Crippen LogP contribution in [0.5, 0.6) is 5.75 Å². The standard InChI is InChI=1S/C17H16ClF2NO3/c1-17(23,14-7-4-12(19)8-15(14)20)10-21-16(22)9-24-13-5-2-11(18)3-6-13/h2-8,23H,9-10H2,1H3,(H,21,22). The van der Waals surface area contributed by atoms with Crippen LogP contribution in [-0.2, 0) is 10.4 Å². The smallest absolute Gasteiger partial charge is 0.258 e. The van der Waals surface area contributed by atoms with Gasteiger partial charge >= 0.3 is 0 Å². The van der Waals surface area contributed by atoms with E-state index in [1.54, 1.807) is 24.3 Å². The lowest BCUT2D eigenvalue weighted by Crippen LogP contribution is -2.41. The van der Waals surface area contributed by atoms with Crippen LogP contribution >= 0.6 is 11.6 Å². The van der Waals surface area contributed by atoms with Crippen LogP contribution in [0.3, 0.4) is 0 Å². The second kappa shape index (κ2) is 7.59. The van der Waals surface area contributed by atoms with Gasteiger partial charge in [-0.05, 0) is 37.3 Å². The van der Waals surface area contributed by atoms with E-state index in [2.05, 4.69) is 5.32 Å². The maximum Gasteiger partial charge on any atom is 0.258 e.